The zero-order valence-electron chi connectivity index (χ0n) is 10.9. The summed E-state index contributed by atoms with van der Waals surface area (Å²) < 4.78 is 18.4. The fourth-order valence-corrected chi connectivity index (χ4v) is 3.06. The number of furan rings is 1. The van der Waals surface area contributed by atoms with Crippen molar-refractivity contribution in [2.45, 2.75) is 11.0 Å². The summed E-state index contributed by atoms with van der Waals surface area (Å²) in [5.74, 6) is 0.628. The van der Waals surface area contributed by atoms with Crippen molar-refractivity contribution in [2.75, 3.05) is 5.75 Å². The van der Waals surface area contributed by atoms with E-state index in [1.807, 2.05) is 12.1 Å². The zero-order valence-corrected chi connectivity index (χ0v) is 12.5. The third-order valence-electron chi connectivity index (χ3n) is 3.07. The van der Waals surface area contributed by atoms with Gasteiger partial charge in [0.15, 0.2) is 5.58 Å². The van der Waals surface area contributed by atoms with Gasteiger partial charge in [-0.3, -0.25) is 0 Å². The lowest BCUT2D eigenvalue weighted by Crippen LogP contribution is -1.98. The Morgan fingerprint density at radius 1 is 1.19 bits per heavy atom. The van der Waals surface area contributed by atoms with Crippen molar-refractivity contribution < 1.29 is 13.9 Å². The zero-order chi connectivity index (χ0) is 14.8. The van der Waals surface area contributed by atoms with Gasteiger partial charge in [-0.2, -0.15) is 0 Å². The SMILES string of the molecule is OC(CSc1ccc(F)cc1)c1cc2cccc(Cl)c2o1. The topological polar surface area (TPSA) is 33.4 Å². The maximum absolute atomic E-state index is 12.8. The van der Waals surface area contributed by atoms with Crippen LogP contribution in [-0.4, -0.2) is 10.9 Å². The summed E-state index contributed by atoms with van der Waals surface area (Å²) in [6.45, 7) is 0. The van der Waals surface area contributed by atoms with Crippen LogP contribution in [0.5, 0.6) is 0 Å². The second-order valence-electron chi connectivity index (χ2n) is 4.59. The van der Waals surface area contributed by atoms with E-state index in [9.17, 15) is 9.50 Å². The van der Waals surface area contributed by atoms with Gasteiger partial charge in [0.25, 0.3) is 0 Å². The van der Waals surface area contributed by atoms with Crippen LogP contribution in [0.25, 0.3) is 11.0 Å². The van der Waals surface area contributed by atoms with Crippen molar-refractivity contribution in [3.8, 4) is 0 Å². The van der Waals surface area contributed by atoms with Crippen LogP contribution < -0.4 is 0 Å². The molecule has 0 amide bonds. The number of halogens is 2. The Kier molecular flexibility index (Phi) is 4.19. The predicted octanol–water partition coefficient (Wildman–Crippen LogP) is 5.05. The highest BCUT2D eigenvalue weighted by Gasteiger charge is 2.15. The summed E-state index contributed by atoms with van der Waals surface area (Å²) in [4.78, 5) is 0.893. The second-order valence-corrected chi connectivity index (χ2v) is 6.09. The summed E-state index contributed by atoms with van der Waals surface area (Å²) in [6, 6.07) is 13.4. The molecule has 0 radical (unpaired) electrons. The Morgan fingerprint density at radius 3 is 2.67 bits per heavy atom. The molecule has 2 aromatic carbocycles. The molecule has 3 aromatic rings. The average molecular weight is 323 g/mol. The van der Waals surface area contributed by atoms with E-state index < -0.39 is 6.10 Å². The first-order valence-corrected chi connectivity index (χ1v) is 7.74. The molecule has 5 heteroatoms. The molecule has 1 unspecified atom stereocenters. The highest BCUT2D eigenvalue weighted by Crippen LogP contribution is 2.31. The van der Waals surface area contributed by atoms with Crippen molar-refractivity contribution in [1.82, 2.24) is 0 Å². The first-order valence-electron chi connectivity index (χ1n) is 6.38. The molecular formula is C16H12ClFO2S. The molecule has 21 heavy (non-hydrogen) atoms. The van der Waals surface area contributed by atoms with Gasteiger partial charge in [0.1, 0.15) is 17.7 Å². The molecular weight excluding hydrogens is 311 g/mol. The number of rotatable bonds is 4. The summed E-state index contributed by atoms with van der Waals surface area (Å²) in [6.07, 6.45) is -0.747. The van der Waals surface area contributed by atoms with E-state index in [0.29, 0.717) is 22.1 Å². The van der Waals surface area contributed by atoms with Gasteiger partial charge in [0.05, 0.1) is 5.02 Å². The molecule has 108 valence electrons. The molecule has 1 aromatic heterocycles. The van der Waals surface area contributed by atoms with E-state index in [4.69, 9.17) is 16.0 Å². The number of benzene rings is 2. The molecule has 1 heterocycles. The van der Waals surface area contributed by atoms with Crippen LogP contribution in [0, 0.1) is 5.82 Å². The molecule has 0 aliphatic heterocycles. The van der Waals surface area contributed by atoms with Gasteiger partial charge in [-0.25, -0.2) is 4.39 Å². The van der Waals surface area contributed by atoms with Crippen molar-refractivity contribution in [1.29, 1.82) is 0 Å². The molecule has 0 aliphatic carbocycles. The highest BCUT2D eigenvalue weighted by molar-refractivity contribution is 7.99. The van der Waals surface area contributed by atoms with Crippen LogP contribution in [0.2, 0.25) is 5.02 Å². The third kappa shape index (κ3) is 3.23. The van der Waals surface area contributed by atoms with Crippen LogP contribution >= 0.6 is 23.4 Å². The highest BCUT2D eigenvalue weighted by atomic mass is 35.5. The van der Waals surface area contributed by atoms with Crippen LogP contribution in [-0.2, 0) is 0 Å². The van der Waals surface area contributed by atoms with Crippen LogP contribution in [0.15, 0.2) is 57.8 Å². The number of fused-ring (bicyclic) bond motifs is 1. The normalized spacial score (nSPS) is 12.7. The lowest BCUT2D eigenvalue weighted by Gasteiger charge is -2.07. The number of aliphatic hydroxyl groups is 1. The molecule has 1 atom stereocenters. The van der Waals surface area contributed by atoms with Gasteiger partial charge in [-0.05, 0) is 36.4 Å². The van der Waals surface area contributed by atoms with E-state index in [-0.39, 0.29) is 5.82 Å². The molecule has 3 rings (SSSR count). The van der Waals surface area contributed by atoms with E-state index in [1.165, 1.54) is 23.9 Å². The molecule has 0 spiro atoms. The summed E-state index contributed by atoms with van der Waals surface area (Å²) in [5.41, 5.74) is 0.583. The van der Waals surface area contributed by atoms with Gasteiger partial charge in [-0.1, -0.05) is 23.7 Å². The summed E-state index contributed by atoms with van der Waals surface area (Å²) in [5, 5.41) is 11.6. The fourth-order valence-electron chi connectivity index (χ4n) is 2.00. The Hall–Kier alpha value is -1.49. The number of aliphatic hydroxyl groups excluding tert-OH is 1. The maximum atomic E-state index is 12.8. The quantitative estimate of drug-likeness (QED) is 0.682. The van der Waals surface area contributed by atoms with Gasteiger partial charge in [-0.15, -0.1) is 11.8 Å². The predicted molar refractivity (Wildman–Crippen MR) is 83.3 cm³/mol. The molecule has 0 bridgehead atoms. The van der Waals surface area contributed by atoms with Crippen LogP contribution in [0.4, 0.5) is 4.39 Å². The Morgan fingerprint density at radius 2 is 1.95 bits per heavy atom. The average Bonchev–Trinajstić information content (AvgIpc) is 2.92. The van der Waals surface area contributed by atoms with Crippen molar-refractivity contribution >= 4 is 34.3 Å². The smallest absolute Gasteiger partial charge is 0.152 e. The van der Waals surface area contributed by atoms with Gasteiger partial charge in [0, 0.05) is 16.0 Å². The van der Waals surface area contributed by atoms with Gasteiger partial charge in [0.2, 0.25) is 0 Å². The lowest BCUT2D eigenvalue weighted by molar-refractivity contribution is 0.177. The lowest BCUT2D eigenvalue weighted by atomic mass is 10.2. The molecule has 2 nitrogen and oxygen atoms in total. The minimum atomic E-state index is -0.747. The summed E-state index contributed by atoms with van der Waals surface area (Å²) >= 11 is 7.48. The van der Waals surface area contributed by atoms with Crippen molar-refractivity contribution in [3.05, 3.63) is 65.1 Å². The number of hydrogen-bond acceptors (Lipinski definition) is 3. The monoisotopic (exact) mass is 322 g/mol. The number of para-hydroxylation sites is 1. The van der Waals surface area contributed by atoms with E-state index in [0.717, 1.165) is 10.3 Å². The van der Waals surface area contributed by atoms with E-state index in [2.05, 4.69) is 0 Å². The Bertz CT molecular complexity index is 755. The number of hydrogen-bond donors (Lipinski definition) is 1. The third-order valence-corrected chi connectivity index (χ3v) is 4.45. The first-order chi connectivity index (χ1) is 10.1. The minimum Gasteiger partial charge on any atom is -0.457 e. The molecule has 0 saturated heterocycles. The second kappa shape index (κ2) is 6.10. The molecule has 1 N–H and O–H groups in total. The largest absolute Gasteiger partial charge is 0.457 e. The Balaban J connectivity index is 1.73. The summed E-state index contributed by atoms with van der Waals surface area (Å²) in [7, 11) is 0. The van der Waals surface area contributed by atoms with Crippen molar-refractivity contribution in [2.24, 2.45) is 0 Å². The maximum Gasteiger partial charge on any atom is 0.152 e. The number of thioether (sulfide) groups is 1. The molecule has 0 saturated carbocycles. The Labute approximate surface area is 130 Å². The van der Waals surface area contributed by atoms with Crippen molar-refractivity contribution in [3.63, 3.8) is 0 Å². The van der Waals surface area contributed by atoms with Gasteiger partial charge < -0.3 is 9.52 Å². The molecule has 0 fully saturated rings. The fraction of sp³-hybridized carbons (Fsp3) is 0.125. The van der Waals surface area contributed by atoms with E-state index >= 15 is 0 Å². The standard InChI is InChI=1S/C16H12ClFO2S/c17-13-3-1-2-10-8-15(20-16(10)13)14(19)9-21-12-6-4-11(18)5-7-12/h1-8,14,19H,9H2. The van der Waals surface area contributed by atoms with Gasteiger partial charge >= 0.3 is 0 Å². The van der Waals surface area contributed by atoms with E-state index in [1.54, 1.807) is 24.3 Å². The first kappa shape index (κ1) is 14.4. The van der Waals surface area contributed by atoms with Crippen LogP contribution in [0.1, 0.15) is 11.9 Å². The van der Waals surface area contributed by atoms with Crippen LogP contribution in [0.3, 0.4) is 0 Å². The minimum absolute atomic E-state index is 0.271. The molecule has 0 aliphatic rings.